The highest BCUT2D eigenvalue weighted by atomic mass is 16.5. The van der Waals surface area contributed by atoms with Gasteiger partial charge in [0.25, 0.3) is 5.91 Å². The lowest BCUT2D eigenvalue weighted by molar-refractivity contribution is -0.121. The van der Waals surface area contributed by atoms with E-state index in [-0.39, 0.29) is 5.91 Å². The van der Waals surface area contributed by atoms with E-state index in [2.05, 4.69) is 29.3 Å². The lowest BCUT2D eigenvalue weighted by Crippen LogP contribution is -2.28. The number of carbonyl (C=O) groups excluding carboxylic acids is 1. The fraction of sp³-hybridized carbons (Fsp3) is 0.259. The van der Waals surface area contributed by atoms with Gasteiger partial charge in [0.1, 0.15) is 17.2 Å². The van der Waals surface area contributed by atoms with Gasteiger partial charge in [-0.05, 0) is 49.0 Å². The number of amides is 1. The first-order valence-electron chi connectivity index (χ1n) is 11.2. The second-order valence-electron chi connectivity index (χ2n) is 7.88. The molecule has 0 aliphatic carbocycles. The number of carbonyl (C=O) groups is 1. The van der Waals surface area contributed by atoms with Gasteiger partial charge in [0.2, 0.25) is 0 Å². The van der Waals surface area contributed by atoms with Crippen LogP contribution in [0, 0.1) is 0 Å². The number of nitrogens with one attached hydrogen (secondary N) is 1. The summed E-state index contributed by atoms with van der Waals surface area (Å²) in [7, 11) is 1.68. The van der Waals surface area contributed by atoms with Crippen molar-refractivity contribution in [2.45, 2.75) is 26.3 Å². The van der Waals surface area contributed by atoms with E-state index >= 15 is 0 Å². The Balaban J connectivity index is 1.53. The Morgan fingerprint density at radius 1 is 1.03 bits per heavy atom. The molecule has 6 nitrogen and oxygen atoms in total. The smallest absolute Gasteiger partial charge is 0.252 e. The van der Waals surface area contributed by atoms with Gasteiger partial charge in [-0.1, -0.05) is 50.2 Å². The standard InChI is InChI=1S/C27H29N3O3/c1-4-30(5-2)18-20-16-19(14-15-23(20)32-3)17-28-29-27(31)26-21-10-6-8-12-24(21)33-25-13-9-7-11-22(25)26/h6-17,26H,4-5,18H2,1-3H3,(H,29,31)/b28-17-. The van der Waals surface area contributed by atoms with Gasteiger partial charge in [-0.15, -0.1) is 0 Å². The van der Waals surface area contributed by atoms with Crippen LogP contribution in [0.3, 0.4) is 0 Å². The highest BCUT2D eigenvalue weighted by Gasteiger charge is 2.32. The Labute approximate surface area is 194 Å². The number of hydrazone groups is 1. The maximum Gasteiger partial charge on any atom is 0.252 e. The van der Waals surface area contributed by atoms with Crippen molar-refractivity contribution in [3.63, 3.8) is 0 Å². The van der Waals surface area contributed by atoms with Crippen molar-refractivity contribution >= 4 is 12.1 Å². The minimum Gasteiger partial charge on any atom is -0.496 e. The molecule has 33 heavy (non-hydrogen) atoms. The minimum atomic E-state index is -0.489. The van der Waals surface area contributed by atoms with Crippen molar-refractivity contribution in [3.8, 4) is 17.2 Å². The summed E-state index contributed by atoms with van der Waals surface area (Å²) in [5.74, 6) is 1.54. The molecule has 0 fully saturated rings. The predicted molar refractivity (Wildman–Crippen MR) is 130 cm³/mol. The van der Waals surface area contributed by atoms with Crippen molar-refractivity contribution in [1.29, 1.82) is 0 Å². The zero-order valence-corrected chi connectivity index (χ0v) is 19.2. The van der Waals surface area contributed by atoms with Gasteiger partial charge in [0, 0.05) is 23.2 Å². The third kappa shape index (κ3) is 4.91. The average molecular weight is 444 g/mol. The van der Waals surface area contributed by atoms with Crippen molar-refractivity contribution < 1.29 is 14.3 Å². The number of fused-ring (bicyclic) bond motifs is 2. The molecule has 170 valence electrons. The van der Waals surface area contributed by atoms with E-state index in [1.54, 1.807) is 13.3 Å². The maximum absolute atomic E-state index is 13.2. The fourth-order valence-electron chi connectivity index (χ4n) is 4.12. The zero-order chi connectivity index (χ0) is 23.2. The number of hydrogen-bond donors (Lipinski definition) is 1. The Bertz CT molecular complexity index is 1110. The Kier molecular flexibility index (Phi) is 7.05. The van der Waals surface area contributed by atoms with Gasteiger partial charge in [-0.3, -0.25) is 9.69 Å². The minimum absolute atomic E-state index is 0.202. The first-order valence-corrected chi connectivity index (χ1v) is 11.2. The van der Waals surface area contributed by atoms with Gasteiger partial charge in [0.15, 0.2) is 0 Å². The molecular weight excluding hydrogens is 414 g/mol. The second kappa shape index (κ2) is 10.3. The monoisotopic (exact) mass is 443 g/mol. The molecule has 0 atom stereocenters. The van der Waals surface area contributed by atoms with Crippen LogP contribution in [0.25, 0.3) is 0 Å². The molecule has 1 aliphatic heterocycles. The summed E-state index contributed by atoms with van der Waals surface area (Å²) in [5.41, 5.74) is 6.37. The van der Waals surface area contributed by atoms with E-state index in [9.17, 15) is 4.79 Å². The molecule has 1 amide bonds. The van der Waals surface area contributed by atoms with E-state index < -0.39 is 5.92 Å². The molecule has 4 rings (SSSR count). The lowest BCUT2D eigenvalue weighted by atomic mass is 9.87. The third-order valence-electron chi connectivity index (χ3n) is 5.92. The number of nitrogens with zero attached hydrogens (tertiary/aromatic N) is 2. The van der Waals surface area contributed by atoms with E-state index in [0.29, 0.717) is 11.5 Å². The van der Waals surface area contributed by atoms with E-state index in [1.165, 1.54) is 0 Å². The van der Waals surface area contributed by atoms with Crippen LogP contribution in [0.5, 0.6) is 17.2 Å². The van der Waals surface area contributed by atoms with Crippen molar-refractivity contribution in [3.05, 3.63) is 89.0 Å². The molecule has 3 aromatic carbocycles. The summed E-state index contributed by atoms with van der Waals surface area (Å²) in [6.45, 7) is 7.00. The third-order valence-corrected chi connectivity index (χ3v) is 5.92. The van der Waals surface area contributed by atoms with Gasteiger partial charge >= 0.3 is 0 Å². The summed E-state index contributed by atoms with van der Waals surface area (Å²) in [6.07, 6.45) is 1.67. The van der Waals surface area contributed by atoms with Gasteiger partial charge in [-0.2, -0.15) is 5.10 Å². The molecule has 0 aromatic heterocycles. The van der Waals surface area contributed by atoms with Gasteiger partial charge in [0.05, 0.1) is 19.2 Å². The number of benzene rings is 3. The number of hydrogen-bond acceptors (Lipinski definition) is 5. The molecule has 0 saturated carbocycles. The highest BCUT2D eigenvalue weighted by molar-refractivity contribution is 5.90. The molecule has 1 aliphatic rings. The van der Waals surface area contributed by atoms with Crippen molar-refractivity contribution in [1.82, 2.24) is 10.3 Å². The van der Waals surface area contributed by atoms with Crippen LogP contribution in [0.15, 0.2) is 71.8 Å². The van der Waals surface area contributed by atoms with Crippen LogP contribution in [0.1, 0.15) is 42.0 Å². The highest BCUT2D eigenvalue weighted by Crippen LogP contribution is 2.43. The zero-order valence-electron chi connectivity index (χ0n) is 19.2. The largest absolute Gasteiger partial charge is 0.496 e. The van der Waals surface area contributed by atoms with Crippen molar-refractivity contribution in [2.24, 2.45) is 5.10 Å². The van der Waals surface area contributed by atoms with Crippen LogP contribution in [0.4, 0.5) is 0 Å². The first-order chi connectivity index (χ1) is 16.1. The molecule has 0 spiro atoms. The second-order valence-corrected chi connectivity index (χ2v) is 7.88. The Morgan fingerprint density at radius 3 is 2.27 bits per heavy atom. The number of ether oxygens (including phenoxy) is 2. The molecule has 1 heterocycles. The Morgan fingerprint density at radius 2 is 1.67 bits per heavy atom. The molecular formula is C27H29N3O3. The topological polar surface area (TPSA) is 63.2 Å². The molecule has 0 bridgehead atoms. The SMILES string of the molecule is CCN(CC)Cc1cc(/C=N\NC(=O)C2c3ccccc3Oc3ccccc32)ccc1OC. The lowest BCUT2D eigenvalue weighted by Gasteiger charge is -2.26. The van der Waals surface area contributed by atoms with Gasteiger partial charge < -0.3 is 9.47 Å². The maximum atomic E-state index is 13.2. The molecule has 0 unspecified atom stereocenters. The van der Waals surface area contributed by atoms with E-state index in [1.807, 2.05) is 66.7 Å². The molecule has 0 saturated heterocycles. The van der Waals surface area contributed by atoms with Crippen LogP contribution in [-0.2, 0) is 11.3 Å². The number of methoxy groups -OCH3 is 1. The average Bonchev–Trinajstić information content (AvgIpc) is 2.85. The quantitative estimate of drug-likeness (QED) is 0.396. The summed E-state index contributed by atoms with van der Waals surface area (Å²) < 4.78 is 11.5. The number of para-hydroxylation sites is 2. The van der Waals surface area contributed by atoms with Crippen LogP contribution < -0.4 is 14.9 Å². The summed E-state index contributed by atoms with van der Waals surface area (Å²) in [4.78, 5) is 15.5. The molecule has 1 N–H and O–H groups in total. The summed E-state index contributed by atoms with van der Waals surface area (Å²) >= 11 is 0. The first kappa shape index (κ1) is 22.6. The number of rotatable bonds is 8. The van der Waals surface area contributed by atoms with Crippen LogP contribution >= 0.6 is 0 Å². The molecule has 6 heteroatoms. The molecule has 3 aromatic rings. The van der Waals surface area contributed by atoms with E-state index in [4.69, 9.17) is 9.47 Å². The van der Waals surface area contributed by atoms with E-state index in [0.717, 1.165) is 47.6 Å². The summed E-state index contributed by atoms with van der Waals surface area (Å²) in [6, 6.07) is 21.1. The van der Waals surface area contributed by atoms with Crippen molar-refractivity contribution in [2.75, 3.05) is 20.2 Å². The molecule has 0 radical (unpaired) electrons. The normalized spacial score (nSPS) is 12.8. The summed E-state index contributed by atoms with van der Waals surface area (Å²) in [5, 5.41) is 4.26. The van der Waals surface area contributed by atoms with Gasteiger partial charge in [-0.25, -0.2) is 5.43 Å². The predicted octanol–water partition coefficient (Wildman–Crippen LogP) is 4.92. The van der Waals surface area contributed by atoms with Crippen LogP contribution in [0.2, 0.25) is 0 Å². The Hall–Kier alpha value is -3.64. The fourth-order valence-corrected chi connectivity index (χ4v) is 4.12. The van der Waals surface area contributed by atoms with Crippen LogP contribution in [-0.4, -0.2) is 37.2 Å².